The molecule has 20 heavy (non-hydrogen) atoms. The summed E-state index contributed by atoms with van der Waals surface area (Å²) in [5.41, 5.74) is 0.956. The van der Waals surface area contributed by atoms with Crippen molar-refractivity contribution in [2.45, 2.75) is 53.6 Å². The van der Waals surface area contributed by atoms with Crippen molar-refractivity contribution in [1.29, 1.82) is 0 Å². The van der Waals surface area contributed by atoms with Gasteiger partial charge in [0, 0.05) is 13.7 Å². The third kappa shape index (κ3) is 3.92. The Kier molecular flexibility index (Phi) is 5.95. The summed E-state index contributed by atoms with van der Waals surface area (Å²) in [4.78, 5) is 9.38. The van der Waals surface area contributed by atoms with Crippen molar-refractivity contribution in [3.63, 3.8) is 0 Å². The molecule has 0 aliphatic rings. The molecule has 0 radical (unpaired) electrons. The highest BCUT2D eigenvalue weighted by Crippen LogP contribution is 2.37. The van der Waals surface area contributed by atoms with Gasteiger partial charge in [-0.05, 0) is 34.2 Å². The van der Waals surface area contributed by atoms with Crippen LogP contribution >= 0.6 is 15.9 Å². The number of hydrogen-bond donors (Lipinski definition) is 1. The Morgan fingerprint density at radius 3 is 2.25 bits per heavy atom. The van der Waals surface area contributed by atoms with E-state index in [0.29, 0.717) is 5.92 Å². The molecule has 0 saturated heterocycles. The fraction of sp³-hybridized carbons (Fsp3) is 0.733. The van der Waals surface area contributed by atoms with Crippen LogP contribution in [0.15, 0.2) is 4.47 Å². The van der Waals surface area contributed by atoms with Gasteiger partial charge in [0.1, 0.15) is 11.9 Å². The predicted molar refractivity (Wildman–Crippen MR) is 87.2 cm³/mol. The third-order valence-corrected chi connectivity index (χ3v) is 3.82. The largest absolute Gasteiger partial charge is 0.373 e. The molecule has 1 rings (SSSR count). The fourth-order valence-electron chi connectivity index (χ4n) is 2.11. The molecule has 0 fully saturated rings. The minimum Gasteiger partial charge on any atom is -0.373 e. The van der Waals surface area contributed by atoms with Crippen LogP contribution in [0.1, 0.15) is 65.1 Å². The van der Waals surface area contributed by atoms with Gasteiger partial charge in [0.15, 0.2) is 5.82 Å². The van der Waals surface area contributed by atoms with Gasteiger partial charge < -0.3 is 10.1 Å². The van der Waals surface area contributed by atoms with Gasteiger partial charge in [0.25, 0.3) is 0 Å². The maximum Gasteiger partial charge on any atom is 0.160 e. The molecular weight excluding hydrogens is 318 g/mol. The van der Waals surface area contributed by atoms with Gasteiger partial charge in [-0.2, -0.15) is 0 Å². The number of nitrogens with one attached hydrogen (secondary N) is 1. The van der Waals surface area contributed by atoms with E-state index in [0.717, 1.165) is 28.4 Å². The first-order valence-corrected chi connectivity index (χ1v) is 7.85. The van der Waals surface area contributed by atoms with Gasteiger partial charge in [0.2, 0.25) is 0 Å². The lowest BCUT2D eigenvalue weighted by molar-refractivity contribution is 0.00855. The molecule has 0 spiro atoms. The number of hydrogen-bond acceptors (Lipinski definition) is 4. The average Bonchev–Trinajstić information content (AvgIpc) is 2.31. The minimum atomic E-state index is -0.134. The highest BCUT2D eigenvalue weighted by molar-refractivity contribution is 9.10. The van der Waals surface area contributed by atoms with E-state index >= 15 is 0 Å². The number of anilines is 1. The first-order chi connectivity index (χ1) is 9.22. The standard InChI is InChI=1S/C15H26BrN3O/c1-8-17-13-10(16)11(9(2)3)18-14(19-13)12(20-7)15(4,5)6/h9,12H,8H2,1-7H3,(H,17,18,19). The Labute approximate surface area is 130 Å². The highest BCUT2D eigenvalue weighted by atomic mass is 79.9. The van der Waals surface area contributed by atoms with Crippen LogP contribution in [0.3, 0.4) is 0 Å². The lowest BCUT2D eigenvalue weighted by Crippen LogP contribution is -2.24. The Bertz CT molecular complexity index is 455. The minimum absolute atomic E-state index is 0.0552. The first kappa shape index (κ1) is 17.4. The molecule has 1 unspecified atom stereocenters. The van der Waals surface area contributed by atoms with Gasteiger partial charge in [0.05, 0.1) is 10.2 Å². The number of methoxy groups -OCH3 is 1. The Morgan fingerprint density at radius 2 is 1.85 bits per heavy atom. The Morgan fingerprint density at radius 1 is 1.25 bits per heavy atom. The summed E-state index contributed by atoms with van der Waals surface area (Å²) in [6, 6.07) is 0. The molecule has 1 heterocycles. The van der Waals surface area contributed by atoms with Crippen molar-refractivity contribution in [2.75, 3.05) is 19.0 Å². The number of ether oxygens (including phenoxy) is 1. The predicted octanol–water partition coefficient (Wildman–Crippen LogP) is 4.53. The van der Waals surface area contributed by atoms with E-state index in [2.05, 4.69) is 67.8 Å². The number of aromatic nitrogens is 2. The zero-order valence-electron chi connectivity index (χ0n) is 13.5. The van der Waals surface area contributed by atoms with E-state index < -0.39 is 0 Å². The van der Waals surface area contributed by atoms with E-state index in [4.69, 9.17) is 9.72 Å². The second-order valence-electron chi connectivity index (χ2n) is 6.30. The van der Waals surface area contributed by atoms with Crippen molar-refractivity contribution in [1.82, 2.24) is 9.97 Å². The molecule has 0 aliphatic heterocycles. The summed E-state index contributed by atoms with van der Waals surface area (Å²) >= 11 is 3.61. The number of rotatable bonds is 5. The molecule has 0 aromatic carbocycles. The average molecular weight is 344 g/mol. The highest BCUT2D eigenvalue weighted by Gasteiger charge is 2.30. The van der Waals surface area contributed by atoms with Crippen LogP contribution < -0.4 is 5.32 Å². The summed E-state index contributed by atoms with van der Waals surface area (Å²) < 4.78 is 6.59. The van der Waals surface area contributed by atoms with Crippen LogP contribution in [0.5, 0.6) is 0 Å². The molecule has 1 aromatic rings. The molecule has 5 heteroatoms. The van der Waals surface area contributed by atoms with Crippen molar-refractivity contribution in [3.8, 4) is 0 Å². The molecule has 0 amide bonds. The van der Waals surface area contributed by atoms with Crippen LogP contribution in [0.4, 0.5) is 5.82 Å². The lowest BCUT2D eigenvalue weighted by atomic mass is 9.88. The van der Waals surface area contributed by atoms with Gasteiger partial charge in [-0.15, -0.1) is 0 Å². The molecule has 0 saturated carbocycles. The Balaban J connectivity index is 3.39. The maximum absolute atomic E-state index is 5.64. The molecule has 1 atom stereocenters. The smallest absolute Gasteiger partial charge is 0.160 e. The van der Waals surface area contributed by atoms with Crippen LogP contribution in [0, 0.1) is 5.41 Å². The normalized spacial score (nSPS) is 13.7. The van der Waals surface area contributed by atoms with Crippen molar-refractivity contribution in [2.24, 2.45) is 5.41 Å². The van der Waals surface area contributed by atoms with Crippen LogP contribution in [-0.4, -0.2) is 23.6 Å². The SMILES string of the molecule is CCNc1nc(C(OC)C(C)(C)C)nc(C(C)C)c1Br. The van der Waals surface area contributed by atoms with Crippen LogP contribution in [-0.2, 0) is 4.74 Å². The molecule has 4 nitrogen and oxygen atoms in total. The first-order valence-electron chi connectivity index (χ1n) is 7.06. The van der Waals surface area contributed by atoms with Crippen molar-refractivity contribution in [3.05, 3.63) is 16.0 Å². The molecule has 0 aliphatic carbocycles. The van der Waals surface area contributed by atoms with E-state index in [1.54, 1.807) is 7.11 Å². The quantitative estimate of drug-likeness (QED) is 0.853. The van der Waals surface area contributed by atoms with Gasteiger partial charge in [-0.1, -0.05) is 34.6 Å². The fourth-order valence-corrected chi connectivity index (χ4v) is 2.89. The van der Waals surface area contributed by atoms with Crippen LogP contribution in [0.25, 0.3) is 0 Å². The number of nitrogens with zero attached hydrogens (tertiary/aromatic N) is 2. The summed E-state index contributed by atoms with van der Waals surface area (Å²) in [6.07, 6.45) is -0.134. The second kappa shape index (κ2) is 6.85. The topological polar surface area (TPSA) is 47.0 Å². The molecule has 1 N–H and O–H groups in total. The summed E-state index contributed by atoms with van der Waals surface area (Å²) in [5.74, 6) is 1.90. The van der Waals surface area contributed by atoms with E-state index in [1.807, 2.05) is 0 Å². The van der Waals surface area contributed by atoms with Crippen LogP contribution in [0.2, 0.25) is 0 Å². The molecular formula is C15H26BrN3O. The zero-order chi connectivity index (χ0) is 15.5. The lowest BCUT2D eigenvalue weighted by Gasteiger charge is -2.29. The molecule has 1 aromatic heterocycles. The Hall–Kier alpha value is -0.680. The van der Waals surface area contributed by atoms with E-state index in [-0.39, 0.29) is 11.5 Å². The second-order valence-corrected chi connectivity index (χ2v) is 7.09. The van der Waals surface area contributed by atoms with Crippen molar-refractivity contribution >= 4 is 21.7 Å². The van der Waals surface area contributed by atoms with E-state index in [9.17, 15) is 0 Å². The summed E-state index contributed by atoms with van der Waals surface area (Å²) in [5, 5.41) is 3.29. The maximum atomic E-state index is 5.64. The number of halogens is 1. The third-order valence-electron chi connectivity index (χ3n) is 3.04. The van der Waals surface area contributed by atoms with Crippen molar-refractivity contribution < 1.29 is 4.74 Å². The molecule has 0 bridgehead atoms. The summed E-state index contributed by atoms with van der Waals surface area (Å²) in [6.45, 7) is 13.5. The summed E-state index contributed by atoms with van der Waals surface area (Å²) in [7, 11) is 1.71. The van der Waals surface area contributed by atoms with E-state index in [1.165, 1.54) is 0 Å². The monoisotopic (exact) mass is 343 g/mol. The van der Waals surface area contributed by atoms with Gasteiger partial charge >= 0.3 is 0 Å². The van der Waals surface area contributed by atoms with Gasteiger partial charge in [-0.3, -0.25) is 0 Å². The molecule has 114 valence electrons. The van der Waals surface area contributed by atoms with Gasteiger partial charge in [-0.25, -0.2) is 9.97 Å². The zero-order valence-corrected chi connectivity index (χ0v) is 15.1.